The molecule has 1 aromatic heterocycles. The van der Waals surface area contributed by atoms with E-state index in [9.17, 15) is 0 Å². The van der Waals surface area contributed by atoms with Crippen LogP contribution in [0.4, 0.5) is 0 Å². The number of hydrogen-bond donors (Lipinski definition) is 1. The van der Waals surface area contributed by atoms with Gasteiger partial charge in [0.2, 0.25) is 0 Å². The molecule has 0 saturated heterocycles. The maximum Gasteiger partial charge on any atom is 0.124 e. The van der Waals surface area contributed by atoms with E-state index in [1.54, 1.807) is 0 Å². The lowest BCUT2D eigenvalue weighted by Crippen LogP contribution is -2.27. The number of fused-ring (bicyclic) bond motifs is 1. The van der Waals surface area contributed by atoms with Crippen molar-refractivity contribution in [3.63, 3.8) is 0 Å². The molecule has 1 fully saturated rings. The van der Waals surface area contributed by atoms with Gasteiger partial charge in [-0.15, -0.1) is 0 Å². The van der Waals surface area contributed by atoms with Crippen molar-refractivity contribution >= 4 is 11.0 Å². The van der Waals surface area contributed by atoms with Gasteiger partial charge in [-0.05, 0) is 58.2 Å². The molecule has 1 heterocycles. The van der Waals surface area contributed by atoms with Crippen LogP contribution < -0.4 is 5.32 Å². The summed E-state index contributed by atoms with van der Waals surface area (Å²) < 4.78 is 2.36. The number of imidazole rings is 1. The van der Waals surface area contributed by atoms with Crippen LogP contribution in [-0.2, 0) is 12.1 Å². The zero-order valence-electron chi connectivity index (χ0n) is 12.1. The third kappa shape index (κ3) is 2.66. The molecular formula is C16H23N3. The number of nitrogens with one attached hydrogen (secondary N) is 1. The highest BCUT2D eigenvalue weighted by atomic mass is 15.2. The number of nitrogens with zero attached hydrogens (tertiary/aromatic N) is 2. The highest BCUT2D eigenvalue weighted by Crippen LogP contribution is 2.28. The van der Waals surface area contributed by atoms with E-state index in [2.05, 4.69) is 54.9 Å². The molecule has 0 atom stereocenters. The summed E-state index contributed by atoms with van der Waals surface area (Å²) in [6.07, 6.45) is 2.78. The van der Waals surface area contributed by atoms with Crippen LogP contribution in [0.1, 0.15) is 39.4 Å². The summed E-state index contributed by atoms with van der Waals surface area (Å²) in [7, 11) is 0. The first-order chi connectivity index (χ1) is 9.05. The van der Waals surface area contributed by atoms with Gasteiger partial charge in [0.1, 0.15) is 5.82 Å². The van der Waals surface area contributed by atoms with Crippen LogP contribution in [0.5, 0.6) is 0 Å². The fourth-order valence-electron chi connectivity index (χ4n) is 2.65. The largest absolute Gasteiger partial charge is 0.322 e. The predicted molar refractivity (Wildman–Crippen MR) is 79.2 cm³/mol. The zero-order chi connectivity index (χ0) is 13.5. The summed E-state index contributed by atoms with van der Waals surface area (Å²) >= 11 is 0. The van der Waals surface area contributed by atoms with E-state index in [1.807, 2.05) is 0 Å². The summed E-state index contributed by atoms with van der Waals surface area (Å²) in [5.41, 5.74) is 2.39. The van der Waals surface area contributed by atoms with Crippen molar-refractivity contribution in [1.82, 2.24) is 14.9 Å². The second-order valence-electron chi connectivity index (χ2n) is 6.60. The van der Waals surface area contributed by atoms with Crippen molar-refractivity contribution in [2.75, 3.05) is 6.54 Å². The van der Waals surface area contributed by atoms with Gasteiger partial charge in [0.25, 0.3) is 0 Å². The second kappa shape index (κ2) is 4.64. The van der Waals surface area contributed by atoms with Crippen molar-refractivity contribution in [2.24, 2.45) is 5.92 Å². The Morgan fingerprint density at radius 1 is 1.26 bits per heavy atom. The van der Waals surface area contributed by atoms with Gasteiger partial charge in [0.05, 0.1) is 17.6 Å². The van der Waals surface area contributed by atoms with E-state index in [1.165, 1.54) is 18.4 Å². The fourth-order valence-corrected chi connectivity index (χ4v) is 2.65. The quantitative estimate of drug-likeness (QED) is 0.911. The van der Waals surface area contributed by atoms with Crippen molar-refractivity contribution in [2.45, 2.75) is 45.7 Å². The van der Waals surface area contributed by atoms with Crippen LogP contribution in [-0.4, -0.2) is 16.1 Å². The van der Waals surface area contributed by atoms with E-state index in [0.717, 1.165) is 30.3 Å². The number of rotatable bonds is 4. The Balaban J connectivity index is 1.91. The minimum atomic E-state index is 0.0622. The number of para-hydroxylation sites is 2. The van der Waals surface area contributed by atoms with Crippen LogP contribution in [0.3, 0.4) is 0 Å². The Kier molecular flexibility index (Phi) is 3.09. The molecule has 0 bridgehead atoms. The van der Waals surface area contributed by atoms with Crippen molar-refractivity contribution in [3.8, 4) is 0 Å². The molecule has 3 nitrogen and oxygen atoms in total. The third-order valence-electron chi connectivity index (χ3n) is 3.71. The van der Waals surface area contributed by atoms with E-state index in [0.29, 0.717) is 0 Å². The molecule has 1 N–H and O–H groups in total. The predicted octanol–water partition coefficient (Wildman–Crippen LogP) is 3.29. The van der Waals surface area contributed by atoms with Gasteiger partial charge in [-0.2, -0.15) is 0 Å². The minimum Gasteiger partial charge on any atom is -0.322 e. The summed E-state index contributed by atoms with van der Waals surface area (Å²) in [5.74, 6) is 2.06. The standard InChI is InChI=1S/C16H23N3/c1-16(2,3)19-14-7-5-4-6-13(14)18-15(19)11-17-10-12-8-9-12/h4-7,12,17H,8-11H2,1-3H3. The molecule has 0 unspecified atom stereocenters. The molecular weight excluding hydrogens is 234 g/mol. The number of aromatic nitrogens is 2. The molecule has 0 spiro atoms. The van der Waals surface area contributed by atoms with Crippen LogP contribution in [0.15, 0.2) is 24.3 Å². The van der Waals surface area contributed by atoms with Crippen molar-refractivity contribution in [3.05, 3.63) is 30.1 Å². The van der Waals surface area contributed by atoms with Gasteiger partial charge in [-0.3, -0.25) is 0 Å². The number of benzene rings is 1. The Morgan fingerprint density at radius 3 is 2.68 bits per heavy atom. The third-order valence-corrected chi connectivity index (χ3v) is 3.71. The molecule has 2 aromatic rings. The maximum atomic E-state index is 4.80. The van der Waals surface area contributed by atoms with Gasteiger partial charge in [-0.25, -0.2) is 4.98 Å². The Labute approximate surface area is 115 Å². The first-order valence-electron chi connectivity index (χ1n) is 7.23. The van der Waals surface area contributed by atoms with Crippen LogP contribution in [0, 0.1) is 5.92 Å². The summed E-state index contributed by atoms with van der Waals surface area (Å²) in [6.45, 7) is 8.72. The van der Waals surface area contributed by atoms with E-state index in [-0.39, 0.29) is 5.54 Å². The van der Waals surface area contributed by atoms with Crippen LogP contribution >= 0.6 is 0 Å². The highest BCUT2D eigenvalue weighted by Gasteiger charge is 2.23. The van der Waals surface area contributed by atoms with E-state index in [4.69, 9.17) is 4.98 Å². The summed E-state index contributed by atoms with van der Waals surface area (Å²) in [6, 6.07) is 8.41. The Morgan fingerprint density at radius 2 is 2.00 bits per heavy atom. The van der Waals surface area contributed by atoms with Crippen LogP contribution in [0.25, 0.3) is 11.0 Å². The highest BCUT2D eigenvalue weighted by molar-refractivity contribution is 5.76. The van der Waals surface area contributed by atoms with Gasteiger partial charge < -0.3 is 9.88 Å². The molecule has 3 rings (SSSR count). The average molecular weight is 257 g/mol. The summed E-state index contributed by atoms with van der Waals surface area (Å²) in [4.78, 5) is 4.80. The van der Waals surface area contributed by atoms with Gasteiger partial charge >= 0.3 is 0 Å². The van der Waals surface area contributed by atoms with E-state index >= 15 is 0 Å². The fraction of sp³-hybridized carbons (Fsp3) is 0.562. The minimum absolute atomic E-state index is 0.0622. The maximum absolute atomic E-state index is 4.80. The average Bonchev–Trinajstić information content (AvgIpc) is 3.07. The summed E-state index contributed by atoms with van der Waals surface area (Å²) in [5, 5.41) is 3.55. The topological polar surface area (TPSA) is 29.9 Å². The van der Waals surface area contributed by atoms with Gasteiger partial charge in [0.15, 0.2) is 0 Å². The Bertz CT molecular complexity index is 573. The lowest BCUT2D eigenvalue weighted by molar-refractivity contribution is 0.388. The number of hydrogen-bond acceptors (Lipinski definition) is 2. The molecule has 1 aliphatic carbocycles. The second-order valence-corrected chi connectivity index (χ2v) is 6.60. The van der Waals surface area contributed by atoms with Crippen molar-refractivity contribution < 1.29 is 0 Å². The van der Waals surface area contributed by atoms with Crippen LogP contribution in [0.2, 0.25) is 0 Å². The zero-order valence-corrected chi connectivity index (χ0v) is 12.1. The lowest BCUT2D eigenvalue weighted by Gasteiger charge is -2.24. The van der Waals surface area contributed by atoms with Crippen molar-refractivity contribution in [1.29, 1.82) is 0 Å². The SMILES string of the molecule is CC(C)(C)n1c(CNCC2CC2)nc2ccccc21. The normalized spacial score (nSPS) is 16.2. The van der Waals surface area contributed by atoms with E-state index < -0.39 is 0 Å². The first kappa shape index (κ1) is 12.7. The lowest BCUT2D eigenvalue weighted by atomic mass is 10.1. The smallest absolute Gasteiger partial charge is 0.124 e. The van der Waals surface area contributed by atoms with Gasteiger partial charge in [-0.1, -0.05) is 12.1 Å². The monoisotopic (exact) mass is 257 g/mol. The molecule has 0 radical (unpaired) electrons. The Hall–Kier alpha value is -1.35. The molecule has 102 valence electrons. The molecule has 0 amide bonds. The molecule has 1 saturated carbocycles. The molecule has 1 aromatic carbocycles. The molecule has 19 heavy (non-hydrogen) atoms. The molecule has 1 aliphatic rings. The van der Waals surface area contributed by atoms with Gasteiger partial charge in [0, 0.05) is 5.54 Å². The molecule has 3 heteroatoms. The molecule has 0 aliphatic heterocycles. The first-order valence-corrected chi connectivity index (χ1v) is 7.23.